The molecule has 0 saturated carbocycles. The Kier molecular flexibility index (Phi) is 9.02. The summed E-state index contributed by atoms with van der Waals surface area (Å²) >= 11 is 6.19. The molecule has 3 aliphatic rings. The molecule has 0 unspecified atom stereocenters. The van der Waals surface area contributed by atoms with Crippen LogP contribution in [0.3, 0.4) is 0 Å². The van der Waals surface area contributed by atoms with E-state index in [4.69, 9.17) is 25.8 Å². The lowest BCUT2D eigenvalue weighted by Gasteiger charge is -2.22. The van der Waals surface area contributed by atoms with Crippen LogP contribution < -0.4 is 24.8 Å². The van der Waals surface area contributed by atoms with Crippen molar-refractivity contribution in [3.05, 3.63) is 107 Å². The smallest absolute Gasteiger partial charge is 0.258 e. The van der Waals surface area contributed by atoms with Crippen LogP contribution in [-0.2, 0) is 22.6 Å². The molecule has 0 aliphatic carbocycles. The first-order valence-electron chi connectivity index (χ1n) is 14.6. The van der Waals surface area contributed by atoms with E-state index in [1.165, 1.54) is 31.5 Å². The van der Waals surface area contributed by atoms with E-state index in [9.17, 15) is 18.8 Å². The van der Waals surface area contributed by atoms with E-state index in [-0.39, 0.29) is 49.5 Å². The molecule has 0 radical (unpaired) electrons. The molecule has 4 heterocycles. The number of hydrogen-bond donors (Lipinski definition) is 2. The number of nitrogens with zero attached hydrogens (tertiary/aromatic N) is 2. The summed E-state index contributed by atoms with van der Waals surface area (Å²) in [5.74, 6) is -0.0311. The number of pyridine rings is 1. The van der Waals surface area contributed by atoms with Gasteiger partial charge in [-0.25, -0.2) is 4.39 Å². The highest BCUT2D eigenvalue weighted by atomic mass is 35.5. The first kappa shape index (κ1) is 30.8. The lowest BCUT2D eigenvalue weighted by molar-refractivity contribution is -0.129. The normalized spacial score (nSPS) is 18.0. The molecule has 3 amide bonds. The number of likely N-dealkylation sites (tertiary alicyclic amines) is 1. The van der Waals surface area contributed by atoms with Crippen LogP contribution in [0.4, 0.5) is 4.39 Å². The van der Waals surface area contributed by atoms with Crippen LogP contribution in [0.1, 0.15) is 21.5 Å². The van der Waals surface area contributed by atoms with Gasteiger partial charge in [0, 0.05) is 47.7 Å². The molecule has 0 spiro atoms. The number of rotatable bonds is 3. The van der Waals surface area contributed by atoms with E-state index in [1.807, 2.05) is 6.07 Å². The molecule has 10 nitrogen and oxygen atoms in total. The minimum absolute atomic E-state index is 0.0461. The Morgan fingerprint density at radius 1 is 1.02 bits per heavy atom. The van der Waals surface area contributed by atoms with Crippen molar-refractivity contribution in [3.63, 3.8) is 0 Å². The number of hydrogen-bond acceptors (Lipinski definition) is 7. The Hall–Kier alpha value is -5.16. The number of amides is 3. The summed E-state index contributed by atoms with van der Waals surface area (Å²) in [6, 6.07) is 17.4. The second-order valence-corrected chi connectivity index (χ2v) is 11.4. The fourth-order valence-corrected chi connectivity index (χ4v) is 5.66. The number of benzene rings is 3. The highest BCUT2D eigenvalue weighted by molar-refractivity contribution is 6.31. The topological polar surface area (TPSA) is 119 Å². The van der Waals surface area contributed by atoms with Crippen LogP contribution in [0.15, 0.2) is 79.1 Å². The number of methoxy groups -OCH3 is 1. The first-order valence-corrected chi connectivity index (χ1v) is 14.9. The summed E-state index contributed by atoms with van der Waals surface area (Å²) in [6.45, 7) is 0.343. The van der Waals surface area contributed by atoms with E-state index in [2.05, 4.69) is 15.6 Å². The molecule has 12 heteroatoms. The van der Waals surface area contributed by atoms with Crippen LogP contribution in [0.25, 0.3) is 11.1 Å². The standard InChI is InChI=1S/C34H30ClFN4O6/c1-44-30-13-27-8-6-22(30)16-38-32(41)19-45-26-4-2-3-20(10-26)23-9-24(15-37-14-23)34(43)39-29-17-40(18-31(29)46-27)33(42)11-21-5-7-25(36)12-28(21)35/h2-10,12-15,29,31H,11,16-19H2,1H3,(H,38,41)(H,39,43)/t29-,31-/m0/s1. The summed E-state index contributed by atoms with van der Waals surface area (Å²) in [6.07, 6.45) is 2.43. The molecular formula is C34H30ClFN4O6. The molecule has 2 N–H and O–H groups in total. The molecule has 6 bridgehead atoms. The Morgan fingerprint density at radius 3 is 2.70 bits per heavy atom. The lowest BCUT2D eigenvalue weighted by atomic mass is 10.1. The van der Waals surface area contributed by atoms with E-state index in [0.29, 0.717) is 33.9 Å². The van der Waals surface area contributed by atoms with Crippen molar-refractivity contribution in [1.29, 1.82) is 0 Å². The van der Waals surface area contributed by atoms with Gasteiger partial charge in [0.15, 0.2) is 6.61 Å². The minimum Gasteiger partial charge on any atom is -0.496 e. The first-order chi connectivity index (χ1) is 22.2. The molecule has 4 aromatic rings. The number of carbonyl (C=O) groups excluding carboxylic acids is 3. The third-order valence-corrected chi connectivity index (χ3v) is 8.20. The van der Waals surface area contributed by atoms with Gasteiger partial charge in [0.2, 0.25) is 5.91 Å². The summed E-state index contributed by atoms with van der Waals surface area (Å²) in [5.41, 5.74) is 2.94. The van der Waals surface area contributed by atoms with Crippen molar-refractivity contribution >= 4 is 29.3 Å². The molecule has 7 rings (SSSR count). The number of halogens is 2. The Balaban J connectivity index is 1.31. The fourth-order valence-electron chi connectivity index (χ4n) is 5.43. The van der Waals surface area contributed by atoms with E-state index in [1.54, 1.807) is 53.6 Å². The van der Waals surface area contributed by atoms with Crippen LogP contribution >= 0.6 is 11.6 Å². The van der Waals surface area contributed by atoms with Gasteiger partial charge in [0.05, 0.1) is 31.7 Å². The zero-order chi connectivity index (χ0) is 32.2. The Labute approximate surface area is 269 Å². The van der Waals surface area contributed by atoms with Crippen LogP contribution in [0.5, 0.6) is 17.2 Å². The van der Waals surface area contributed by atoms with Crippen molar-refractivity contribution in [1.82, 2.24) is 20.5 Å². The van der Waals surface area contributed by atoms with Gasteiger partial charge in [-0.1, -0.05) is 29.8 Å². The monoisotopic (exact) mass is 644 g/mol. The van der Waals surface area contributed by atoms with Gasteiger partial charge in [-0.15, -0.1) is 0 Å². The van der Waals surface area contributed by atoms with Gasteiger partial charge < -0.3 is 29.7 Å². The SMILES string of the molecule is COc1cc2ccc1CNC(=O)COc1cccc(c1)-c1cncc(c1)C(=O)N[C@H]1CN(C(=O)Cc3ccc(F)cc3Cl)C[C@@H]1O2. The van der Waals surface area contributed by atoms with E-state index >= 15 is 0 Å². The van der Waals surface area contributed by atoms with Gasteiger partial charge in [0.25, 0.3) is 11.8 Å². The van der Waals surface area contributed by atoms with E-state index < -0.39 is 23.9 Å². The second kappa shape index (κ2) is 13.5. The van der Waals surface area contributed by atoms with Crippen LogP contribution in [0.2, 0.25) is 5.02 Å². The average Bonchev–Trinajstić information content (AvgIpc) is 3.45. The van der Waals surface area contributed by atoms with Crippen molar-refractivity contribution < 1.29 is 33.0 Å². The van der Waals surface area contributed by atoms with Gasteiger partial charge >= 0.3 is 0 Å². The highest BCUT2D eigenvalue weighted by Gasteiger charge is 2.38. The molecular weight excluding hydrogens is 615 g/mol. The quantitative estimate of drug-likeness (QED) is 0.343. The number of fused-ring (bicyclic) bond motifs is 7. The number of aromatic nitrogens is 1. The average molecular weight is 645 g/mol. The predicted molar refractivity (Wildman–Crippen MR) is 167 cm³/mol. The largest absolute Gasteiger partial charge is 0.496 e. The van der Waals surface area contributed by atoms with Crippen molar-refractivity contribution in [2.75, 3.05) is 26.8 Å². The van der Waals surface area contributed by atoms with Crippen LogP contribution in [-0.4, -0.2) is 66.6 Å². The Morgan fingerprint density at radius 2 is 1.87 bits per heavy atom. The summed E-state index contributed by atoms with van der Waals surface area (Å²) < 4.78 is 31.2. The fraction of sp³-hybridized carbons (Fsp3) is 0.235. The molecule has 1 aromatic heterocycles. The van der Waals surface area contributed by atoms with Gasteiger partial charge in [-0.2, -0.15) is 0 Å². The Bertz CT molecular complexity index is 1800. The maximum absolute atomic E-state index is 13.6. The molecule has 46 heavy (non-hydrogen) atoms. The maximum atomic E-state index is 13.6. The third-order valence-electron chi connectivity index (χ3n) is 7.85. The zero-order valence-corrected chi connectivity index (χ0v) is 25.6. The predicted octanol–water partition coefficient (Wildman–Crippen LogP) is 4.19. The number of ether oxygens (including phenoxy) is 3. The minimum atomic E-state index is -0.623. The van der Waals surface area contributed by atoms with Crippen LogP contribution in [0, 0.1) is 5.82 Å². The summed E-state index contributed by atoms with van der Waals surface area (Å²) in [7, 11) is 1.51. The summed E-state index contributed by atoms with van der Waals surface area (Å²) in [5, 5.41) is 6.03. The van der Waals surface area contributed by atoms with Crippen molar-refractivity contribution in [2.45, 2.75) is 25.1 Å². The molecule has 1 saturated heterocycles. The maximum Gasteiger partial charge on any atom is 0.258 e. The molecule has 236 valence electrons. The van der Waals surface area contributed by atoms with E-state index in [0.717, 1.165) is 11.1 Å². The van der Waals surface area contributed by atoms with Crippen molar-refractivity contribution in [3.8, 4) is 28.4 Å². The second-order valence-electron chi connectivity index (χ2n) is 11.0. The van der Waals surface area contributed by atoms with Gasteiger partial charge in [0.1, 0.15) is 29.2 Å². The van der Waals surface area contributed by atoms with Crippen molar-refractivity contribution in [2.24, 2.45) is 0 Å². The molecule has 3 aliphatic heterocycles. The molecule has 3 aromatic carbocycles. The highest BCUT2D eigenvalue weighted by Crippen LogP contribution is 2.29. The lowest BCUT2D eigenvalue weighted by Crippen LogP contribution is -2.45. The number of nitrogens with one attached hydrogen (secondary N) is 2. The molecule has 1 fully saturated rings. The number of carbonyl (C=O) groups is 3. The zero-order valence-electron chi connectivity index (χ0n) is 24.8. The molecule has 2 atom stereocenters. The summed E-state index contributed by atoms with van der Waals surface area (Å²) in [4.78, 5) is 45.4. The van der Waals surface area contributed by atoms with Gasteiger partial charge in [-0.3, -0.25) is 19.4 Å². The van der Waals surface area contributed by atoms with Gasteiger partial charge in [-0.05, 0) is 53.6 Å². The third kappa shape index (κ3) is 7.05.